The van der Waals surface area contributed by atoms with Gasteiger partial charge in [-0.05, 0) is 33.2 Å². The van der Waals surface area contributed by atoms with E-state index < -0.39 is 0 Å². The van der Waals surface area contributed by atoms with Crippen molar-refractivity contribution in [3.05, 3.63) is 30.3 Å². The topological polar surface area (TPSA) is 32.8 Å². The van der Waals surface area contributed by atoms with E-state index in [1.807, 2.05) is 63.3 Å². The maximum atomic E-state index is 11.9. The molecular formula is C15H24N2O2. The van der Waals surface area contributed by atoms with Gasteiger partial charge in [0.05, 0.1) is 6.04 Å². The predicted octanol–water partition coefficient (Wildman–Crippen LogP) is 1.86. The zero-order valence-electron chi connectivity index (χ0n) is 12.3. The van der Waals surface area contributed by atoms with E-state index in [2.05, 4.69) is 0 Å². The van der Waals surface area contributed by atoms with Gasteiger partial charge in [0.1, 0.15) is 12.4 Å². The fourth-order valence-electron chi connectivity index (χ4n) is 1.59. The average Bonchev–Trinajstić information content (AvgIpc) is 2.42. The lowest BCUT2D eigenvalue weighted by Gasteiger charge is -2.25. The van der Waals surface area contributed by atoms with Crippen molar-refractivity contribution in [3.8, 4) is 5.75 Å². The second-order valence-electron chi connectivity index (χ2n) is 5.03. The second kappa shape index (κ2) is 7.79. The number of benzene rings is 1. The van der Waals surface area contributed by atoms with E-state index in [0.29, 0.717) is 13.0 Å². The zero-order valence-corrected chi connectivity index (χ0v) is 12.3. The molecule has 0 N–H and O–H groups in total. The molecule has 1 aromatic carbocycles. The SMILES string of the molecule is CC(COc1ccccc1)N(C)C(=O)CCN(C)C. The number of carbonyl (C=O) groups excluding carboxylic acids is 1. The van der Waals surface area contributed by atoms with Crippen molar-refractivity contribution in [2.24, 2.45) is 0 Å². The number of para-hydroxylation sites is 1. The lowest BCUT2D eigenvalue weighted by Crippen LogP contribution is -2.39. The Morgan fingerprint density at radius 2 is 1.84 bits per heavy atom. The largest absolute Gasteiger partial charge is 0.491 e. The Morgan fingerprint density at radius 1 is 1.21 bits per heavy atom. The molecule has 19 heavy (non-hydrogen) atoms. The van der Waals surface area contributed by atoms with Gasteiger partial charge in [-0.15, -0.1) is 0 Å². The normalized spacial score (nSPS) is 12.3. The highest BCUT2D eigenvalue weighted by Gasteiger charge is 2.16. The van der Waals surface area contributed by atoms with E-state index in [0.717, 1.165) is 12.3 Å². The Hall–Kier alpha value is -1.55. The first kappa shape index (κ1) is 15.5. The fourth-order valence-corrected chi connectivity index (χ4v) is 1.59. The lowest BCUT2D eigenvalue weighted by atomic mass is 10.2. The van der Waals surface area contributed by atoms with Crippen LogP contribution >= 0.6 is 0 Å². The predicted molar refractivity (Wildman–Crippen MR) is 77.3 cm³/mol. The van der Waals surface area contributed by atoms with Gasteiger partial charge < -0.3 is 14.5 Å². The van der Waals surface area contributed by atoms with Crippen molar-refractivity contribution < 1.29 is 9.53 Å². The number of amides is 1. The van der Waals surface area contributed by atoms with Gasteiger partial charge in [-0.1, -0.05) is 18.2 Å². The van der Waals surface area contributed by atoms with Crippen LogP contribution < -0.4 is 4.74 Å². The summed E-state index contributed by atoms with van der Waals surface area (Å²) in [5.41, 5.74) is 0. The van der Waals surface area contributed by atoms with E-state index in [4.69, 9.17) is 4.74 Å². The molecule has 0 saturated heterocycles. The van der Waals surface area contributed by atoms with Gasteiger partial charge in [-0.3, -0.25) is 4.79 Å². The summed E-state index contributed by atoms with van der Waals surface area (Å²) in [6.07, 6.45) is 0.541. The molecule has 0 aliphatic rings. The van der Waals surface area contributed by atoms with Gasteiger partial charge in [-0.2, -0.15) is 0 Å². The van der Waals surface area contributed by atoms with Crippen LogP contribution in [0.25, 0.3) is 0 Å². The molecule has 4 nitrogen and oxygen atoms in total. The van der Waals surface area contributed by atoms with Crippen molar-refractivity contribution in [2.45, 2.75) is 19.4 Å². The van der Waals surface area contributed by atoms with E-state index >= 15 is 0 Å². The zero-order chi connectivity index (χ0) is 14.3. The number of hydrogen-bond donors (Lipinski definition) is 0. The van der Waals surface area contributed by atoms with E-state index in [9.17, 15) is 4.79 Å². The van der Waals surface area contributed by atoms with Crippen LogP contribution in [0.1, 0.15) is 13.3 Å². The summed E-state index contributed by atoms with van der Waals surface area (Å²) >= 11 is 0. The summed E-state index contributed by atoms with van der Waals surface area (Å²) in [4.78, 5) is 15.7. The molecule has 0 aliphatic carbocycles. The molecule has 0 aromatic heterocycles. The highest BCUT2D eigenvalue weighted by molar-refractivity contribution is 5.76. The van der Waals surface area contributed by atoms with Crippen LogP contribution in [0.5, 0.6) is 5.75 Å². The van der Waals surface area contributed by atoms with Gasteiger partial charge in [0, 0.05) is 20.0 Å². The van der Waals surface area contributed by atoms with Crippen LogP contribution in [0.4, 0.5) is 0 Å². The van der Waals surface area contributed by atoms with Crippen molar-refractivity contribution in [1.29, 1.82) is 0 Å². The Labute approximate surface area is 116 Å². The molecule has 1 amide bonds. The summed E-state index contributed by atoms with van der Waals surface area (Å²) in [7, 11) is 5.77. The summed E-state index contributed by atoms with van der Waals surface area (Å²) in [6.45, 7) is 3.28. The second-order valence-corrected chi connectivity index (χ2v) is 5.03. The first-order valence-corrected chi connectivity index (χ1v) is 6.59. The summed E-state index contributed by atoms with van der Waals surface area (Å²) in [5.74, 6) is 0.987. The number of carbonyl (C=O) groups is 1. The third-order valence-corrected chi connectivity index (χ3v) is 3.06. The quantitative estimate of drug-likeness (QED) is 0.753. The molecule has 1 atom stereocenters. The smallest absolute Gasteiger partial charge is 0.223 e. The van der Waals surface area contributed by atoms with Crippen molar-refractivity contribution in [3.63, 3.8) is 0 Å². The number of nitrogens with zero attached hydrogens (tertiary/aromatic N) is 2. The molecule has 4 heteroatoms. The molecule has 0 spiro atoms. The Bertz CT molecular complexity index is 379. The van der Waals surface area contributed by atoms with Gasteiger partial charge >= 0.3 is 0 Å². The molecule has 0 fully saturated rings. The highest BCUT2D eigenvalue weighted by Crippen LogP contribution is 2.10. The van der Waals surface area contributed by atoms with Gasteiger partial charge in [0.2, 0.25) is 5.91 Å². The average molecular weight is 264 g/mol. The monoisotopic (exact) mass is 264 g/mol. The van der Waals surface area contributed by atoms with Crippen LogP contribution in [0.2, 0.25) is 0 Å². The fraction of sp³-hybridized carbons (Fsp3) is 0.533. The van der Waals surface area contributed by atoms with Crippen molar-refractivity contribution in [1.82, 2.24) is 9.80 Å². The Morgan fingerprint density at radius 3 is 2.42 bits per heavy atom. The Kier molecular flexibility index (Phi) is 6.36. The third kappa shape index (κ3) is 5.75. The molecule has 106 valence electrons. The minimum absolute atomic E-state index is 0.0647. The van der Waals surface area contributed by atoms with E-state index in [1.54, 1.807) is 4.90 Å². The van der Waals surface area contributed by atoms with Crippen LogP contribution in [-0.2, 0) is 4.79 Å². The molecular weight excluding hydrogens is 240 g/mol. The number of rotatable bonds is 7. The number of likely N-dealkylation sites (N-methyl/N-ethyl adjacent to an activating group) is 1. The summed E-state index contributed by atoms with van der Waals surface area (Å²) in [6, 6.07) is 9.72. The van der Waals surface area contributed by atoms with Gasteiger partial charge in [0.15, 0.2) is 0 Å². The lowest BCUT2D eigenvalue weighted by molar-refractivity contribution is -0.132. The molecule has 0 heterocycles. The molecule has 0 radical (unpaired) electrons. The minimum atomic E-state index is 0.0647. The standard InChI is InChI=1S/C15H24N2O2/c1-13(12-19-14-8-6-5-7-9-14)17(4)15(18)10-11-16(2)3/h5-9,13H,10-12H2,1-4H3. The minimum Gasteiger partial charge on any atom is -0.491 e. The van der Waals surface area contributed by atoms with Crippen LogP contribution in [0.3, 0.4) is 0 Å². The molecule has 1 unspecified atom stereocenters. The number of hydrogen-bond acceptors (Lipinski definition) is 3. The van der Waals surface area contributed by atoms with Crippen LogP contribution in [0, 0.1) is 0 Å². The van der Waals surface area contributed by atoms with Gasteiger partial charge in [0.25, 0.3) is 0 Å². The molecule has 1 aromatic rings. The molecule has 1 rings (SSSR count). The first-order valence-electron chi connectivity index (χ1n) is 6.59. The maximum absolute atomic E-state index is 11.9. The Balaban J connectivity index is 2.35. The van der Waals surface area contributed by atoms with Gasteiger partial charge in [-0.25, -0.2) is 0 Å². The molecule has 0 saturated carbocycles. The van der Waals surface area contributed by atoms with E-state index in [-0.39, 0.29) is 11.9 Å². The van der Waals surface area contributed by atoms with Crippen molar-refractivity contribution in [2.75, 3.05) is 34.3 Å². The van der Waals surface area contributed by atoms with E-state index in [1.165, 1.54) is 0 Å². The first-order chi connectivity index (χ1) is 9.00. The van der Waals surface area contributed by atoms with Crippen molar-refractivity contribution >= 4 is 5.91 Å². The third-order valence-electron chi connectivity index (χ3n) is 3.06. The van der Waals surface area contributed by atoms with Crippen LogP contribution in [0.15, 0.2) is 30.3 Å². The summed E-state index contributed by atoms with van der Waals surface area (Å²) < 4.78 is 5.66. The van der Waals surface area contributed by atoms with Crippen LogP contribution in [-0.4, -0.2) is 56.0 Å². The highest BCUT2D eigenvalue weighted by atomic mass is 16.5. The number of ether oxygens (including phenoxy) is 1. The molecule has 0 bridgehead atoms. The summed E-state index contributed by atoms with van der Waals surface area (Å²) in [5, 5.41) is 0. The molecule has 0 aliphatic heterocycles. The maximum Gasteiger partial charge on any atom is 0.223 e.